The maximum absolute atomic E-state index is 13.9. The van der Waals surface area contributed by atoms with Crippen molar-refractivity contribution in [1.82, 2.24) is 0 Å². The van der Waals surface area contributed by atoms with Gasteiger partial charge in [-0.25, -0.2) is 9.18 Å². The molecule has 0 amide bonds. The van der Waals surface area contributed by atoms with Gasteiger partial charge < -0.3 is 5.11 Å². The van der Waals surface area contributed by atoms with E-state index in [1.807, 2.05) is 43.3 Å². The quantitative estimate of drug-likeness (QED) is 0.741. The number of hydrogen-bond donors (Lipinski definition) is 1. The van der Waals surface area contributed by atoms with Crippen LogP contribution < -0.4 is 0 Å². The lowest BCUT2D eigenvalue weighted by Gasteiger charge is -2.11. The molecule has 104 valence electrons. The summed E-state index contributed by atoms with van der Waals surface area (Å²) in [6, 6.07) is 16.1. The van der Waals surface area contributed by atoms with Crippen LogP contribution in [0.2, 0.25) is 0 Å². The van der Waals surface area contributed by atoms with Crippen molar-refractivity contribution in [2.24, 2.45) is 0 Å². The summed E-state index contributed by atoms with van der Waals surface area (Å²) in [6.45, 7) is 1.96. The normalized spacial score (nSPS) is 10.8. The molecular weight excluding hydrogens is 267 g/mol. The lowest BCUT2D eigenvalue weighted by Crippen LogP contribution is -2.00. The Hall–Kier alpha value is -2.68. The Kier molecular flexibility index (Phi) is 3.18. The van der Waals surface area contributed by atoms with E-state index in [-0.39, 0.29) is 5.56 Å². The van der Waals surface area contributed by atoms with Gasteiger partial charge in [0, 0.05) is 0 Å². The van der Waals surface area contributed by atoms with Crippen molar-refractivity contribution in [3.8, 4) is 11.1 Å². The SMILES string of the molecule is Cc1ccc2ccccc2c1-c1ccc(C(=O)O)c(F)c1. The molecule has 0 aromatic heterocycles. The van der Waals surface area contributed by atoms with Crippen molar-refractivity contribution >= 4 is 16.7 Å². The smallest absolute Gasteiger partial charge is 0.338 e. The second-order valence-corrected chi connectivity index (χ2v) is 4.98. The Labute approximate surface area is 121 Å². The van der Waals surface area contributed by atoms with Crippen LogP contribution in [-0.2, 0) is 0 Å². The van der Waals surface area contributed by atoms with Crippen LogP contribution in [0.15, 0.2) is 54.6 Å². The summed E-state index contributed by atoms with van der Waals surface area (Å²) >= 11 is 0. The molecule has 0 radical (unpaired) electrons. The van der Waals surface area contributed by atoms with Gasteiger partial charge in [0.2, 0.25) is 0 Å². The van der Waals surface area contributed by atoms with Gasteiger partial charge in [-0.3, -0.25) is 0 Å². The molecule has 0 aliphatic rings. The van der Waals surface area contributed by atoms with Gasteiger partial charge in [-0.1, -0.05) is 42.5 Å². The maximum atomic E-state index is 13.9. The molecule has 2 nitrogen and oxygen atoms in total. The van der Waals surface area contributed by atoms with E-state index >= 15 is 0 Å². The second-order valence-electron chi connectivity index (χ2n) is 4.98. The van der Waals surface area contributed by atoms with E-state index in [4.69, 9.17) is 5.11 Å². The van der Waals surface area contributed by atoms with Crippen LogP contribution in [0.4, 0.5) is 4.39 Å². The molecule has 0 saturated carbocycles. The summed E-state index contributed by atoms with van der Waals surface area (Å²) in [5.41, 5.74) is 2.34. The summed E-state index contributed by atoms with van der Waals surface area (Å²) in [5.74, 6) is -1.97. The van der Waals surface area contributed by atoms with Crippen LogP contribution in [0.5, 0.6) is 0 Å². The van der Waals surface area contributed by atoms with Crippen molar-refractivity contribution in [2.45, 2.75) is 6.92 Å². The number of benzene rings is 3. The highest BCUT2D eigenvalue weighted by Crippen LogP contribution is 2.32. The monoisotopic (exact) mass is 280 g/mol. The molecule has 3 heteroatoms. The third-order valence-electron chi connectivity index (χ3n) is 3.63. The van der Waals surface area contributed by atoms with Gasteiger partial charge in [0.25, 0.3) is 0 Å². The first kappa shape index (κ1) is 13.3. The van der Waals surface area contributed by atoms with Gasteiger partial charge in [-0.05, 0) is 46.5 Å². The molecule has 0 saturated heterocycles. The Bertz CT molecular complexity index is 853. The summed E-state index contributed by atoms with van der Waals surface area (Å²) < 4.78 is 13.9. The van der Waals surface area contributed by atoms with Crippen LogP contribution in [0, 0.1) is 12.7 Å². The average molecular weight is 280 g/mol. The van der Waals surface area contributed by atoms with Crippen molar-refractivity contribution in [1.29, 1.82) is 0 Å². The number of rotatable bonds is 2. The highest BCUT2D eigenvalue weighted by molar-refractivity contribution is 5.99. The van der Waals surface area contributed by atoms with E-state index in [0.29, 0.717) is 5.56 Å². The Morgan fingerprint density at radius 3 is 2.52 bits per heavy atom. The van der Waals surface area contributed by atoms with E-state index in [1.165, 1.54) is 12.1 Å². The highest BCUT2D eigenvalue weighted by atomic mass is 19.1. The number of fused-ring (bicyclic) bond motifs is 1. The largest absolute Gasteiger partial charge is 0.478 e. The van der Waals surface area contributed by atoms with E-state index in [2.05, 4.69) is 0 Å². The van der Waals surface area contributed by atoms with Crippen molar-refractivity contribution in [3.05, 3.63) is 71.5 Å². The van der Waals surface area contributed by atoms with Gasteiger partial charge in [-0.2, -0.15) is 0 Å². The number of halogens is 1. The summed E-state index contributed by atoms with van der Waals surface area (Å²) in [5, 5.41) is 11.0. The van der Waals surface area contributed by atoms with Gasteiger partial charge in [-0.15, -0.1) is 0 Å². The van der Waals surface area contributed by atoms with E-state index in [9.17, 15) is 9.18 Å². The zero-order valence-corrected chi connectivity index (χ0v) is 11.4. The minimum absolute atomic E-state index is 0.309. The molecule has 0 fully saturated rings. The fraction of sp³-hybridized carbons (Fsp3) is 0.0556. The lowest BCUT2D eigenvalue weighted by molar-refractivity contribution is 0.0692. The minimum Gasteiger partial charge on any atom is -0.478 e. The molecule has 0 spiro atoms. The fourth-order valence-corrected chi connectivity index (χ4v) is 2.61. The van der Waals surface area contributed by atoms with Crippen molar-refractivity contribution in [2.75, 3.05) is 0 Å². The first-order chi connectivity index (χ1) is 10.1. The molecule has 3 aromatic rings. The van der Waals surface area contributed by atoms with E-state index in [0.717, 1.165) is 21.9 Å². The highest BCUT2D eigenvalue weighted by Gasteiger charge is 2.13. The van der Waals surface area contributed by atoms with Gasteiger partial charge >= 0.3 is 5.97 Å². The predicted octanol–water partition coefficient (Wildman–Crippen LogP) is 4.65. The third kappa shape index (κ3) is 2.27. The summed E-state index contributed by atoms with van der Waals surface area (Å²) in [4.78, 5) is 10.9. The fourth-order valence-electron chi connectivity index (χ4n) is 2.61. The van der Waals surface area contributed by atoms with E-state index in [1.54, 1.807) is 6.07 Å². The van der Waals surface area contributed by atoms with Crippen LogP contribution in [0.3, 0.4) is 0 Å². The molecular formula is C18H13FO2. The van der Waals surface area contributed by atoms with Crippen LogP contribution >= 0.6 is 0 Å². The molecule has 0 aliphatic heterocycles. The number of aryl methyl sites for hydroxylation is 1. The first-order valence-electron chi connectivity index (χ1n) is 6.59. The molecule has 0 heterocycles. The maximum Gasteiger partial charge on any atom is 0.338 e. The van der Waals surface area contributed by atoms with Crippen molar-refractivity contribution in [3.63, 3.8) is 0 Å². The molecule has 3 rings (SSSR count). The zero-order chi connectivity index (χ0) is 15.0. The Morgan fingerprint density at radius 1 is 1.05 bits per heavy atom. The molecule has 0 aliphatic carbocycles. The molecule has 1 N–H and O–H groups in total. The Morgan fingerprint density at radius 2 is 1.81 bits per heavy atom. The zero-order valence-electron chi connectivity index (χ0n) is 11.4. The van der Waals surface area contributed by atoms with Crippen molar-refractivity contribution < 1.29 is 14.3 Å². The minimum atomic E-state index is -1.26. The Balaban J connectivity index is 2.28. The number of aromatic carboxylic acids is 1. The molecule has 0 unspecified atom stereocenters. The summed E-state index contributed by atoms with van der Waals surface area (Å²) in [7, 11) is 0. The predicted molar refractivity (Wildman–Crippen MR) is 81.0 cm³/mol. The van der Waals surface area contributed by atoms with E-state index < -0.39 is 11.8 Å². The molecule has 21 heavy (non-hydrogen) atoms. The molecule has 0 bridgehead atoms. The lowest BCUT2D eigenvalue weighted by atomic mass is 9.93. The third-order valence-corrected chi connectivity index (χ3v) is 3.63. The number of carboxylic acids is 1. The van der Waals surface area contributed by atoms with Gasteiger partial charge in [0.15, 0.2) is 0 Å². The standard InChI is InChI=1S/C18H13FO2/c1-11-6-7-12-4-2-3-5-14(12)17(11)13-8-9-15(18(20)21)16(19)10-13/h2-10H,1H3,(H,20,21). The number of carboxylic acid groups (broad SMARTS) is 1. The van der Waals surface area contributed by atoms with Crippen LogP contribution in [0.1, 0.15) is 15.9 Å². The molecule has 3 aromatic carbocycles. The first-order valence-corrected chi connectivity index (χ1v) is 6.59. The second kappa shape index (κ2) is 5.02. The van der Waals surface area contributed by atoms with Crippen LogP contribution in [-0.4, -0.2) is 11.1 Å². The summed E-state index contributed by atoms with van der Waals surface area (Å²) in [6.07, 6.45) is 0. The molecule has 0 atom stereocenters. The van der Waals surface area contributed by atoms with Crippen LogP contribution in [0.25, 0.3) is 21.9 Å². The van der Waals surface area contributed by atoms with Gasteiger partial charge in [0.1, 0.15) is 5.82 Å². The topological polar surface area (TPSA) is 37.3 Å². The van der Waals surface area contributed by atoms with Gasteiger partial charge in [0.05, 0.1) is 5.56 Å². The number of hydrogen-bond acceptors (Lipinski definition) is 1. The number of carbonyl (C=O) groups is 1. The average Bonchev–Trinajstić information content (AvgIpc) is 2.46.